The van der Waals surface area contributed by atoms with E-state index in [2.05, 4.69) is 15.3 Å². The molecule has 26 heavy (non-hydrogen) atoms. The van der Waals surface area contributed by atoms with Gasteiger partial charge in [-0.15, -0.1) is 0 Å². The predicted molar refractivity (Wildman–Crippen MR) is 102 cm³/mol. The normalized spacial score (nSPS) is 11.0. The molecular formula is C19H18ClN3O3. The third kappa shape index (κ3) is 3.28. The summed E-state index contributed by atoms with van der Waals surface area (Å²) in [5.41, 5.74) is 1.55. The molecule has 0 atom stereocenters. The van der Waals surface area contributed by atoms with Crippen LogP contribution in [0.15, 0.2) is 36.5 Å². The Labute approximate surface area is 155 Å². The molecule has 0 spiro atoms. The Balaban J connectivity index is 2.35. The van der Waals surface area contributed by atoms with Gasteiger partial charge in [0.1, 0.15) is 11.3 Å². The first-order valence-electron chi connectivity index (χ1n) is 8.04. The van der Waals surface area contributed by atoms with E-state index < -0.39 is 5.97 Å². The lowest BCUT2D eigenvalue weighted by atomic mass is 9.98. The van der Waals surface area contributed by atoms with Crippen LogP contribution in [-0.2, 0) is 0 Å². The number of fused-ring (bicyclic) bond motifs is 1. The lowest BCUT2D eigenvalue weighted by molar-refractivity contribution is 0.0695. The second-order valence-corrected chi connectivity index (χ2v) is 6.46. The summed E-state index contributed by atoms with van der Waals surface area (Å²) >= 11 is 6.31. The molecule has 0 saturated carbocycles. The summed E-state index contributed by atoms with van der Waals surface area (Å²) in [4.78, 5) is 20.7. The summed E-state index contributed by atoms with van der Waals surface area (Å²) in [6.45, 7) is 3.90. The van der Waals surface area contributed by atoms with E-state index in [1.54, 1.807) is 18.3 Å². The number of ether oxygens (including phenoxy) is 1. The molecule has 2 aromatic carbocycles. The number of benzene rings is 2. The van der Waals surface area contributed by atoms with E-state index in [1.807, 2.05) is 32.0 Å². The number of hydrogen-bond acceptors (Lipinski definition) is 5. The highest BCUT2D eigenvalue weighted by Crippen LogP contribution is 2.40. The summed E-state index contributed by atoms with van der Waals surface area (Å²) < 4.78 is 5.46. The van der Waals surface area contributed by atoms with Gasteiger partial charge in [0.05, 0.1) is 12.6 Å². The zero-order valence-electron chi connectivity index (χ0n) is 14.6. The number of aromatic carboxylic acids is 1. The summed E-state index contributed by atoms with van der Waals surface area (Å²) in [6.07, 6.45) is 1.60. The van der Waals surface area contributed by atoms with Crippen molar-refractivity contribution >= 4 is 34.4 Å². The van der Waals surface area contributed by atoms with Gasteiger partial charge in [0.15, 0.2) is 0 Å². The molecule has 0 unspecified atom stereocenters. The van der Waals surface area contributed by atoms with Crippen molar-refractivity contribution in [2.75, 3.05) is 12.4 Å². The van der Waals surface area contributed by atoms with Gasteiger partial charge in [-0.25, -0.2) is 14.8 Å². The number of methoxy groups -OCH3 is 1. The molecule has 3 aromatic rings. The Morgan fingerprint density at radius 3 is 2.62 bits per heavy atom. The van der Waals surface area contributed by atoms with E-state index in [1.165, 1.54) is 7.11 Å². The van der Waals surface area contributed by atoms with Crippen molar-refractivity contribution in [2.45, 2.75) is 19.9 Å². The minimum atomic E-state index is -1.13. The standard InChI is InChI=1S/C19H18ClN3O3/c1-10(2)22-19-21-9-11-8-13(12-6-4-5-7-14(12)20)17(26-3)15(18(24)25)16(11)23-19/h4-10H,1-3H3,(H,24,25)(H,21,22,23). The van der Waals surface area contributed by atoms with Crippen LogP contribution in [0.25, 0.3) is 22.0 Å². The zero-order chi connectivity index (χ0) is 18.8. The fourth-order valence-electron chi connectivity index (χ4n) is 2.78. The molecular weight excluding hydrogens is 354 g/mol. The Hall–Kier alpha value is -2.86. The third-order valence-corrected chi connectivity index (χ3v) is 4.15. The van der Waals surface area contributed by atoms with Gasteiger partial charge in [0.25, 0.3) is 0 Å². The van der Waals surface area contributed by atoms with Crippen LogP contribution in [-0.4, -0.2) is 34.2 Å². The highest BCUT2D eigenvalue weighted by molar-refractivity contribution is 6.33. The Morgan fingerprint density at radius 2 is 2.00 bits per heavy atom. The van der Waals surface area contributed by atoms with Gasteiger partial charge in [0.2, 0.25) is 5.95 Å². The van der Waals surface area contributed by atoms with E-state index in [9.17, 15) is 9.90 Å². The van der Waals surface area contributed by atoms with E-state index in [4.69, 9.17) is 16.3 Å². The number of halogens is 1. The van der Waals surface area contributed by atoms with E-state index >= 15 is 0 Å². The number of nitrogens with one attached hydrogen (secondary N) is 1. The van der Waals surface area contributed by atoms with Gasteiger partial charge in [-0.3, -0.25) is 0 Å². The predicted octanol–water partition coefficient (Wildman–Crippen LogP) is 4.48. The Morgan fingerprint density at radius 1 is 1.27 bits per heavy atom. The molecule has 0 aliphatic carbocycles. The van der Waals surface area contributed by atoms with Gasteiger partial charge >= 0.3 is 5.97 Å². The maximum absolute atomic E-state index is 12.0. The third-order valence-electron chi connectivity index (χ3n) is 3.83. The number of nitrogens with zero attached hydrogens (tertiary/aromatic N) is 2. The van der Waals surface area contributed by atoms with Crippen molar-refractivity contribution in [1.82, 2.24) is 9.97 Å². The molecule has 0 fully saturated rings. The molecule has 0 aliphatic heterocycles. The lowest BCUT2D eigenvalue weighted by Gasteiger charge is -2.16. The summed E-state index contributed by atoms with van der Waals surface area (Å²) in [7, 11) is 1.43. The molecule has 134 valence electrons. The number of carbonyl (C=O) groups is 1. The van der Waals surface area contributed by atoms with Gasteiger partial charge in [0, 0.05) is 33.8 Å². The van der Waals surface area contributed by atoms with Crippen LogP contribution in [0.1, 0.15) is 24.2 Å². The fourth-order valence-corrected chi connectivity index (χ4v) is 3.02. The van der Waals surface area contributed by atoms with Crippen molar-refractivity contribution in [3.63, 3.8) is 0 Å². The van der Waals surface area contributed by atoms with Crippen LogP contribution in [0.4, 0.5) is 5.95 Å². The maximum Gasteiger partial charge on any atom is 0.341 e. The fraction of sp³-hybridized carbons (Fsp3) is 0.211. The number of carboxylic acid groups (broad SMARTS) is 1. The molecule has 6 nitrogen and oxygen atoms in total. The molecule has 1 heterocycles. The zero-order valence-corrected chi connectivity index (χ0v) is 15.3. The van der Waals surface area contributed by atoms with E-state index in [0.717, 1.165) is 0 Å². The molecule has 0 bridgehead atoms. The van der Waals surface area contributed by atoms with Crippen LogP contribution >= 0.6 is 11.6 Å². The molecule has 0 amide bonds. The highest BCUT2D eigenvalue weighted by atomic mass is 35.5. The van der Waals surface area contributed by atoms with Crippen molar-refractivity contribution in [2.24, 2.45) is 0 Å². The molecule has 2 N–H and O–H groups in total. The molecule has 3 rings (SSSR count). The summed E-state index contributed by atoms with van der Waals surface area (Å²) in [6, 6.07) is 9.11. The molecule has 0 aliphatic rings. The minimum absolute atomic E-state index is 0.0193. The molecule has 1 aromatic heterocycles. The maximum atomic E-state index is 12.0. The lowest BCUT2D eigenvalue weighted by Crippen LogP contribution is -2.13. The van der Waals surface area contributed by atoms with Gasteiger partial charge in [-0.1, -0.05) is 29.8 Å². The summed E-state index contributed by atoms with van der Waals surface area (Å²) in [5, 5.41) is 14.0. The summed E-state index contributed by atoms with van der Waals surface area (Å²) in [5.74, 6) is -0.551. The van der Waals surface area contributed by atoms with Crippen LogP contribution < -0.4 is 10.1 Å². The van der Waals surface area contributed by atoms with Crippen molar-refractivity contribution in [3.05, 3.63) is 47.1 Å². The number of rotatable bonds is 5. The van der Waals surface area contributed by atoms with Crippen LogP contribution in [0.2, 0.25) is 5.02 Å². The average molecular weight is 372 g/mol. The SMILES string of the molecule is COc1c(-c2ccccc2Cl)cc2cnc(NC(C)C)nc2c1C(=O)O. The van der Waals surface area contributed by atoms with Gasteiger partial charge in [-0.2, -0.15) is 0 Å². The largest absolute Gasteiger partial charge is 0.495 e. The Kier molecular flexibility index (Phi) is 4.95. The highest BCUT2D eigenvalue weighted by Gasteiger charge is 2.23. The van der Waals surface area contributed by atoms with Gasteiger partial charge < -0.3 is 15.2 Å². The second-order valence-electron chi connectivity index (χ2n) is 6.05. The first kappa shape index (κ1) is 17.9. The van der Waals surface area contributed by atoms with Crippen molar-refractivity contribution < 1.29 is 14.6 Å². The quantitative estimate of drug-likeness (QED) is 0.688. The van der Waals surface area contributed by atoms with Crippen LogP contribution in [0, 0.1) is 0 Å². The Bertz CT molecular complexity index is 989. The molecule has 0 radical (unpaired) electrons. The van der Waals surface area contributed by atoms with Gasteiger partial charge in [-0.05, 0) is 26.0 Å². The van der Waals surface area contributed by atoms with Crippen LogP contribution in [0.3, 0.4) is 0 Å². The first-order chi connectivity index (χ1) is 12.4. The average Bonchev–Trinajstić information content (AvgIpc) is 2.59. The van der Waals surface area contributed by atoms with E-state index in [0.29, 0.717) is 33.0 Å². The number of aromatic nitrogens is 2. The van der Waals surface area contributed by atoms with Crippen molar-refractivity contribution in [3.8, 4) is 16.9 Å². The number of anilines is 1. The topological polar surface area (TPSA) is 84.3 Å². The second kappa shape index (κ2) is 7.17. The number of carboxylic acids is 1. The molecule has 0 saturated heterocycles. The molecule has 7 heteroatoms. The first-order valence-corrected chi connectivity index (χ1v) is 8.42. The van der Waals surface area contributed by atoms with Crippen molar-refractivity contribution in [1.29, 1.82) is 0 Å². The monoisotopic (exact) mass is 371 g/mol. The number of hydrogen-bond donors (Lipinski definition) is 2. The minimum Gasteiger partial charge on any atom is -0.495 e. The van der Waals surface area contributed by atoms with Crippen LogP contribution in [0.5, 0.6) is 5.75 Å². The smallest absolute Gasteiger partial charge is 0.341 e. The van der Waals surface area contributed by atoms with E-state index in [-0.39, 0.29) is 17.4 Å².